The number of nitrogens with two attached hydrogens (primary N) is 2. The van der Waals surface area contributed by atoms with Gasteiger partial charge in [0.25, 0.3) is 0 Å². The normalized spacial score (nSPS) is 14.6. The highest BCUT2D eigenvalue weighted by molar-refractivity contribution is 8.00. The molecule has 0 spiro atoms. The topological polar surface area (TPSA) is 231 Å². The van der Waals surface area contributed by atoms with Crippen molar-refractivity contribution in [2.45, 2.75) is 63.4 Å². The van der Waals surface area contributed by atoms with E-state index in [1.807, 2.05) is 18.3 Å². The molecule has 1 fully saturated rings. The van der Waals surface area contributed by atoms with Gasteiger partial charge in [-0.15, -0.1) is 11.8 Å². The Morgan fingerprint density at radius 3 is 2.49 bits per heavy atom. The molecule has 2 aromatic heterocycles. The van der Waals surface area contributed by atoms with E-state index in [1.54, 1.807) is 12.0 Å². The molecule has 4 rings (SSSR count). The number of methoxy groups -OCH3 is 1. The van der Waals surface area contributed by atoms with Crippen LogP contribution in [0.15, 0.2) is 30.5 Å². The lowest BCUT2D eigenvalue weighted by Crippen LogP contribution is -2.49. The van der Waals surface area contributed by atoms with Gasteiger partial charge in [-0.05, 0) is 24.1 Å². The van der Waals surface area contributed by atoms with Crippen LogP contribution in [0, 0.1) is 0 Å². The summed E-state index contributed by atoms with van der Waals surface area (Å²) < 4.78 is 7.90. The van der Waals surface area contributed by atoms with Crippen molar-refractivity contribution in [1.29, 1.82) is 0 Å². The first kappa shape index (κ1) is 39.2. The third-order valence-electron chi connectivity index (χ3n) is 8.61. The highest BCUT2D eigenvalue weighted by Crippen LogP contribution is 2.28. The van der Waals surface area contributed by atoms with Gasteiger partial charge >= 0.3 is 11.9 Å². The van der Waals surface area contributed by atoms with Gasteiger partial charge in [0.2, 0.25) is 17.8 Å². The number of thioether (sulfide) groups is 1. The van der Waals surface area contributed by atoms with Gasteiger partial charge in [0.15, 0.2) is 5.82 Å². The van der Waals surface area contributed by atoms with Crippen LogP contribution in [0.2, 0.25) is 0 Å². The minimum absolute atomic E-state index is 0.0440. The van der Waals surface area contributed by atoms with Gasteiger partial charge in [-0.1, -0.05) is 31.9 Å². The maximum Gasteiger partial charge on any atom is 0.321 e. The molecule has 16 nitrogen and oxygen atoms in total. The van der Waals surface area contributed by atoms with Crippen LogP contribution in [-0.2, 0) is 32.3 Å². The Morgan fingerprint density at radius 2 is 1.80 bits per heavy atom. The second kappa shape index (κ2) is 19.1. The molecule has 0 radical (unpaired) electrons. The number of carbonyl (C=O) groups excluding carboxylic acids is 2. The predicted molar refractivity (Wildman–Crippen MR) is 196 cm³/mol. The van der Waals surface area contributed by atoms with Crippen LogP contribution in [0.4, 0.5) is 11.8 Å². The average molecular weight is 728 g/mol. The van der Waals surface area contributed by atoms with Gasteiger partial charge < -0.3 is 46.5 Å². The number of ether oxygens (including phenoxy) is 1. The standard InChI is InChI=1S/C34H49N9O7S/c1-3-4-5-10-37-31-30-25(39-34(36)40-31)9-12-43(30)20-23-7-6-22(17-26(23)50-2)19-41-13-15-42(16-14-41)28(44)8-11-38-32(47)27(18-29(45)46)51-21-24(35)33(48)49/h6-7,9,12,17,24,27H,3-5,8,10-11,13-16,18-21,35H2,1-2H3,(H,38,47)(H,45,46)(H,48,49)(H3,36,37,39,40)/t24-,27?/m0/s1. The first-order chi connectivity index (χ1) is 24.5. The molecule has 1 aromatic carbocycles. The molecule has 17 heteroatoms. The van der Waals surface area contributed by atoms with Crippen LogP contribution < -0.4 is 26.8 Å². The Balaban J connectivity index is 1.27. The van der Waals surface area contributed by atoms with Crippen molar-refractivity contribution >= 4 is 58.3 Å². The van der Waals surface area contributed by atoms with Gasteiger partial charge in [0, 0.05) is 69.7 Å². The Bertz CT molecular complexity index is 1660. The summed E-state index contributed by atoms with van der Waals surface area (Å²) >= 11 is 0.871. The Hall–Kier alpha value is -4.61. The molecule has 8 N–H and O–H groups in total. The quantitative estimate of drug-likeness (QED) is 0.0912. The number of nitrogens with zero attached hydrogens (tertiary/aromatic N) is 5. The third kappa shape index (κ3) is 11.5. The Labute approximate surface area is 301 Å². The molecule has 0 bridgehead atoms. The van der Waals surface area contributed by atoms with Crippen molar-refractivity contribution in [2.75, 3.05) is 63.2 Å². The molecule has 51 heavy (non-hydrogen) atoms. The molecule has 278 valence electrons. The lowest BCUT2D eigenvalue weighted by atomic mass is 10.1. The summed E-state index contributed by atoms with van der Waals surface area (Å²) in [5.74, 6) is -1.50. The van der Waals surface area contributed by atoms with Crippen molar-refractivity contribution in [3.63, 3.8) is 0 Å². The van der Waals surface area contributed by atoms with Crippen molar-refractivity contribution in [2.24, 2.45) is 5.73 Å². The number of amides is 2. The molecule has 3 aromatic rings. The molecule has 1 saturated heterocycles. The fourth-order valence-corrected chi connectivity index (χ4v) is 6.90. The second-order valence-corrected chi connectivity index (χ2v) is 13.7. The number of anilines is 2. The molecule has 1 aliphatic rings. The largest absolute Gasteiger partial charge is 0.496 e. The molecule has 0 saturated carbocycles. The molecule has 2 amide bonds. The number of fused-ring (bicyclic) bond motifs is 1. The number of hydrogen-bond acceptors (Lipinski definition) is 12. The number of carbonyl (C=O) groups is 4. The highest BCUT2D eigenvalue weighted by Gasteiger charge is 2.26. The SMILES string of the molecule is CCCCCNc1nc(N)nc2ccn(Cc3ccc(CN4CCN(C(=O)CCNC(=O)C(CC(=O)O)SC[C@H](N)C(=O)O)CC4)cc3OC)c12. The fraction of sp³-hybridized carbons (Fsp3) is 0.529. The Kier molecular flexibility index (Phi) is 14.7. The lowest BCUT2D eigenvalue weighted by Gasteiger charge is -2.35. The van der Waals surface area contributed by atoms with E-state index in [-0.39, 0.29) is 30.6 Å². The van der Waals surface area contributed by atoms with E-state index in [0.29, 0.717) is 39.3 Å². The van der Waals surface area contributed by atoms with E-state index in [9.17, 15) is 19.2 Å². The monoisotopic (exact) mass is 727 g/mol. The molecular formula is C34H49N9O7S. The predicted octanol–water partition coefficient (Wildman–Crippen LogP) is 1.81. The maximum atomic E-state index is 12.9. The van der Waals surface area contributed by atoms with Crippen LogP contribution >= 0.6 is 11.8 Å². The number of aromatic nitrogens is 3. The van der Waals surface area contributed by atoms with Crippen molar-refractivity contribution in [3.8, 4) is 5.75 Å². The second-order valence-electron chi connectivity index (χ2n) is 12.5. The van der Waals surface area contributed by atoms with Crippen molar-refractivity contribution < 1.29 is 34.1 Å². The molecule has 0 aliphatic carbocycles. The van der Waals surface area contributed by atoms with Gasteiger partial charge in [0.1, 0.15) is 17.3 Å². The van der Waals surface area contributed by atoms with E-state index in [2.05, 4.69) is 49.1 Å². The zero-order valence-electron chi connectivity index (χ0n) is 29.2. The third-order valence-corrected chi connectivity index (χ3v) is 9.94. The van der Waals surface area contributed by atoms with Gasteiger partial charge in [-0.2, -0.15) is 4.98 Å². The summed E-state index contributed by atoms with van der Waals surface area (Å²) in [6.45, 7) is 6.68. The zero-order chi connectivity index (χ0) is 36.9. The Morgan fingerprint density at radius 1 is 1.04 bits per heavy atom. The van der Waals surface area contributed by atoms with Gasteiger partial charge in [-0.3, -0.25) is 24.1 Å². The van der Waals surface area contributed by atoms with Crippen molar-refractivity contribution in [3.05, 3.63) is 41.6 Å². The summed E-state index contributed by atoms with van der Waals surface area (Å²) in [6.07, 6.45) is 4.86. The van der Waals surface area contributed by atoms with E-state index >= 15 is 0 Å². The first-order valence-corrected chi connectivity index (χ1v) is 18.2. The number of carboxylic acid groups (broad SMARTS) is 2. The van der Waals surface area contributed by atoms with Crippen LogP contribution in [0.3, 0.4) is 0 Å². The van der Waals surface area contributed by atoms with Crippen LogP contribution in [0.25, 0.3) is 11.0 Å². The summed E-state index contributed by atoms with van der Waals surface area (Å²) in [5.41, 5.74) is 15.2. The minimum atomic E-state index is -1.24. The van der Waals surface area contributed by atoms with E-state index in [0.717, 1.165) is 71.3 Å². The molecule has 3 heterocycles. The van der Waals surface area contributed by atoms with Crippen LogP contribution in [0.1, 0.15) is 50.2 Å². The highest BCUT2D eigenvalue weighted by atomic mass is 32.2. The number of benzene rings is 1. The first-order valence-electron chi connectivity index (χ1n) is 17.1. The minimum Gasteiger partial charge on any atom is -0.496 e. The summed E-state index contributed by atoms with van der Waals surface area (Å²) in [7, 11) is 1.66. The maximum absolute atomic E-state index is 12.9. The van der Waals surface area contributed by atoms with Gasteiger partial charge in [-0.25, -0.2) is 4.98 Å². The van der Waals surface area contributed by atoms with Crippen LogP contribution in [-0.4, -0.2) is 122 Å². The number of nitrogens with one attached hydrogen (secondary N) is 2. The molecule has 1 unspecified atom stereocenters. The number of aliphatic carboxylic acids is 2. The smallest absolute Gasteiger partial charge is 0.321 e. The summed E-state index contributed by atoms with van der Waals surface area (Å²) in [6, 6.07) is 6.93. The summed E-state index contributed by atoms with van der Waals surface area (Å²) in [5, 5.41) is 23.1. The molecule has 1 aliphatic heterocycles. The number of unbranched alkanes of at least 4 members (excludes halogenated alkanes) is 2. The fourth-order valence-electron chi connectivity index (χ4n) is 5.82. The van der Waals surface area contributed by atoms with Crippen molar-refractivity contribution in [1.82, 2.24) is 29.7 Å². The zero-order valence-corrected chi connectivity index (χ0v) is 30.0. The van der Waals surface area contributed by atoms with E-state index in [1.165, 1.54) is 0 Å². The molecule has 2 atom stereocenters. The number of nitrogen functional groups attached to an aromatic ring is 1. The van der Waals surface area contributed by atoms with E-state index in [4.69, 9.17) is 26.4 Å². The molecular weight excluding hydrogens is 678 g/mol. The lowest BCUT2D eigenvalue weighted by molar-refractivity contribution is -0.138. The number of rotatable bonds is 20. The number of hydrogen-bond donors (Lipinski definition) is 6. The van der Waals surface area contributed by atoms with Gasteiger partial charge in [0.05, 0.1) is 30.8 Å². The van der Waals surface area contributed by atoms with Crippen LogP contribution in [0.5, 0.6) is 5.75 Å². The number of carboxylic acids is 2. The van der Waals surface area contributed by atoms with E-state index < -0.39 is 35.6 Å². The average Bonchev–Trinajstić information content (AvgIpc) is 3.50. The summed E-state index contributed by atoms with van der Waals surface area (Å²) in [4.78, 5) is 60.6. The number of piperazine rings is 1.